The SMILES string of the molecule is COc1c(C(C)C)oc2cc3oc(=O)ccc3cc12.COc1ccc2c(c1)OC1(O)COc3cc(OC)c(OC)cc3C1=C2. The van der Waals surface area contributed by atoms with Crippen molar-refractivity contribution in [3.05, 3.63) is 81.9 Å². The molecule has 7 rings (SSSR count). The van der Waals surface area contributed by atoms with Crippen molar-refractivity contribution >= 4 is 33.6 Å². The van der Waals surface area contributed by atoms with E-state index < -0.39 is 5.79 Å². The maximum atomic E-state index is 11.2. The van der Waals surface area contributed by atoms with E-state index in [4.69, 9.17) is 37.3 Å². The molecule has 3 aromatic carbocycles. The van der Waals surface area contributed by atoms with E-state index in [1.54, 1.807) is 58.8 Å². The Labute approximate surface area is 252 Å². The Kier molecular flexibility index (Phi) is 7.38. The summed E-state index contributed by atoms with van der Waals surface area (Å²) in [6, 6.07) is 15.8. The molecule has 0 spiro atoms. The molecule has 0 bridgehead atoms. The van der Waals surface area contributed by atoms with Gasteiger partial charge in [-0.05, 0) is 36.4 Å². The second-order valence-corrected chi connectivity index (χ2v) is 10.6. The minimum absolute atomic E-state index is 0.0298. The highest BCUT2D eigenvalue weighted by Gasteiger charge is 2.44. The topological polar surface area (TPSA) is 119 Å². The van der Waals surface area contributed by atoms with Crippen LogP contribution in [-0.2, 0) is 0 Å². The quantitative estimate of drug-likeness (QED) is 0.227. The number of hydrogen-bond acceptors (Lipinski definition) is 10. The minimum atomic E-state index is -1.58. The average molecular weight is 601 g/mol. The number of benzene rings is 3. The van der Waals surface area contributed by atoms with Crippen LogP contribution in [0.1, 0.15) is 36.7 Å². The second kappa shape index (κ2) is 11.2. The average Bonchev–Trinajstić information content (AvgIpc) is 3.39. The lowest BCUT2D eigenvalue weighted by Crippen LogP contribution is -2.47. The molecule has 10 nitrogen and oxygen atoms in total. The summed E-state index contributed by atoms with van der Waals surface area (Å²) >= 11 is 0. The predicted octanol–water partition coefficient (Wildman–Crippen LogP) is 6.40. The van der Waals surface area contributed by atoms with Crippen LogP contribution in [0.5, 0.6) is 34.5 Å². The van der Waals surface area contributed by atoms with Gasteiger partial charge >= 0.3 is 5.63 Å². The molecule has 0 aliphatic carbocycles. The lowest BCUT2D eigenvalue weighted by molar-refractivity contribution is -0.116. The van der Waals surface area contributed by atoms with Gasteiger partial charge in [0.25, 0.3) is 5.79 Å². The smallest absolute Gasteiger partial charge is 0.336 e. The lowest BCUT2D eigenvalue weighted by atomic mass is 9.90. The summed E-state index contributed by atoms with van der Waals surface area (Å²) in [6.07, 6.45) is 1.89. The summed E-state index contributed by atoms with van der Waals surface area (Å²) in [5.74, 6) is 3.11. The van der Waals surface area contributed by atoms with Crippen molar-refractivity contribution in [3.63, 3.8) is 0 Å². The maximum absolute atomic E-state index is 11.2. The fraction of sp³-hybridized carbons (Fsp3) is 0.265. The number of rotatable bonds is 5. The molecule has 1 unspecified atom stereocenters. The third kappa shape index (κ3) is 4.97. The van der Waals surface area contributed by atoms with E-state index in [-0.39, 0.29) is 18.2 Å². The van der Waals surface area contributed by atoms with Crippen LogP contribution < -0.4 is 34.0 Å². The Hall–Kier alpha value is -5.09. The van der Waals surface area contributed by atoms with Crippen molar-refractivity contribution in [1.82, 2.24) is 0 Å². The van der Waals surface area contributed by atoms with Crippen molar-refractivity contribution < 1.29 is 42.4 Å². The van der Waals surface area contributed by atoms with Crippen molar-refractivity contribution in [2.24, 2.45) is 0 Å². The number of aliphatic hydroxyl groups is 1. The van der Waals surface area contributed by atoms with E-state index in [1.165, 1.54) is 6.07 Å². The number of furan rings is 1. The van der Waals surface area contributed by atoms with E-state index in [0.717, 1.165) is 27.8 Å². The maximum Gasteiger partial charge on any atom is 0.336 e. The molecule has 0 radical (unpaired) electrons. The summed E-state index contributed by atoms with van der Waals surface area (Å²) < 4.78 is 43.9. The molecule has 2 aromatic heterocycles. The standard InChI is InChI=1S/C19H18O6.C15H14O4/c1-21-12-5-4-11-6-14-13-8-17(22-2)18(23-3)9-16(13)24-10-19(14,20)25-15(11)7-12;1-8(2)14-15(17-3)10-6-9-4-5-13(16)18-11(9)7-12(10)19-14/h4-9,20H,10H2,1-3H3;4-8H,1-3H3. The van der Waals surface area contributed by atoms with E-state index in [9.17, 15) is 9.90 Å². The van der Waals surface area contributed by atoms with Crippen molar-refractivity contribution in [2.75, 3.05) is 35.0 Å². The molecule has 10 heteroatoms. The Morgan fingerprint density at radius 1 is 0.818 bits per heavy atom. The number of hydrogen-bond donors (Lipinski definition) is 1. The monoisotopic (exact) mass is 600 g/mol. The predicted molar refractivity (Wildman–Crippen MR) is 164 cm³/mol. The summed E-state index contributed by atoms with van der Waals surface area (Å²) in [6.45, 7) is 4.05. The van der Waals surface area contributed by atoms with Crippen LogP contribution in [0.3, 0.4) is 0 Å². The number of fused-ring (bicyclic) bond motifs is 6. The van der Waals surface area contributed by atoms with Gasteiger partial charge in [-0.1, -0.05) is 13.8 Å². The fourth-order valence-electron chi connectivity index (χ4n) is 5.36. The normalized spacial score (nSPS) is 16.4. The second-order valence-electron chi connectivity index (χ2n) is 10.6. The van der Waals surface area contributed by atoms with Crippen LogP contribution >= 0.6 is 0 Å². The molecule has 2 aliphatic heterocycles. The van der Waals surface area contributed by atoms with Gasteiger partial charge in [0.15, 0.2) is 23.9 Å². The molecule has 0 saturated heterocycles. The van der Waals surface area contributed by atoms with Gasteiger partial charge < -0.3 is 42.4 Å². The molecule has 5 aromatic rings. The van der Waals surface area contributed by atoms with Crippen LogP contribution in [-0.4, -0.2) is 45.9 Å². The molecule has 0 amide bonds. The first-order valence-electron chi connectivity index (χ1n) is 13.9. The number of methoxy groups -OCH3 is 4. The molecular formula is C34H32O10. The van der Waals surface area contributed by atoms with E-state index >= 15 is 0 Å². The van der Waals surface area contributed by atoms with Crippen LogP contribution in [0.25, 0.3) is 33.6 Å². The van der Waals surface area contributed by atoms with E-state index in [0.29, 0.717) is 51.1 Å². The number of ether oxygens (including phenoxy) is 6. The zero-order valence-electron chi connectivity index (χ0n) is 25.2. The van der Waals surface area contributed by atoms with Gasteiger partial charge in [-0.3, -0.25) is 0 Å². The van der Waals surface area contributed by atoms with Gasteiger partial charge in [0, 0.05) is 52.3 Å². The van der Waals surface area contributed by atoms with Crippen LogP contribution in [0.15, 0.2) is 68.2 Å². The highest BCUT2D eigenvalue weighted by atomic mass is 16.7. The van der Waals surface area contributed by atoms with Crippen LogP contribution in [0.4, 0.5) is 0 Å². The lowest BCUT2D eigenvalue weighted by Gasteiger charge is -2.39. The molecule has 0 saturated carbocycles. The Morgan fingerprint density at radius 3 is 2.30 bits per heavy atom. The van der Waals surface area contributed by atoms with Crippen molar-refractivity contribution in [2.45, 2.75) is 25.6 Å². The largest absolute Gasteiger partial charge is 0.497 e. The zero-order chi connectivity index (χ0) is 31.2. The highest BCUT2D eigenvalue weighted by Crippen LogP contribution is 2.49. The van der Waals surface area contributed by atoms with Crippen molar-refractivity contribution in [3.8, 4) is 34.5 Å². The molecule has 228 valence electrons. The Morgan fingerprint density at radius 2 is 1.59 bits per heavy atom. The third-order valence-electron chi connectivity index (χ3n) is 7.56. The molecule has 4 heterocycles. The highest BCUT2D eigenvalue weighted by molar-refractivity contribution is 5.97. The van der Waals surface area contributed by atoms with Gasteiger partial charge in [-0.25, -0.2) is 4.79 Å². The van der Waals surface area contributed by atoms with Crippen molar-refractivity contribution in [1.29, 1.82) is 0 Å². The van der Waals surface area contributed by atoms with Gasteiger partial charge in [-0.2, -0.15) is 0 Å². The summed E-state index contributed by atoms with van der Waals surface area (Å²) in [5.41, 5.74) is 2.99. The molecular weight excluding hydrogens is 568 g/mol. The van der Waals surface area contributed by atoms with Gasteiger partial charge in [-0.15, -0.1) is 0 Å². The van der Waals surface area contributed by atoms with Crippen LogP contribution in [0, 0.1) is 0 Å². The van der Waals surface area contributed by atoms with Gasteiger partial charge in [0.1, 0.15) is 34.2 Å². The molecule has 1 atom stereocenters. The van der Waals surface area contributed by atoms with E-state index in [1.807, 2.05) is 38.1 Å². The molecule has 0 fully saturated rings. The summed E-state index contributed by atoms with van der Waals surface area (Å²) in [4.78, 5) is 11.2. The first-order valence-corrected chi connectivity index (χ1v) is 13.9. The minimum Gasteiger partial charge on any atom is -0.497 e. The third-order valence-corrected chi connectivity index (χ3v) is 7.56. The van der Waals surface area contributed by atoms with E-state index in [2.05, 4.69) is 0 Å². The first kappa shape index (κ1) is 29.0. The van der Waals surface area contributed by atoms with Gasteiger partial charge in [0.05, 0.1) is 33.8 Å². The summed E-state index contributed by atoms with van der Waals surface area (Å²) in [5, 5.41) is 12.8. The fourth-order valence-corrected chi connectivity index (χ4v) is 5.36. The van der Waals surface area contributed by atoms with Crippen LogP contribution in [0.2, 0.25) is 0 Å². The summed E-state index contributed by atoms with van der Waals surface area (Å²) in [7, 11) is 6.34. The molecule has 2 aliphatic rings. The Balaban J connectivity index is 0.000000162. The van der Waals surface area contributed by atoms with Gasteiger partial charge in [0.2, 0.25) is 0 Å². The molecule has 1 N–H and O–H groups in total. The first-order chi connectivity index (χ1) is 21.2. The zero-order valence-corrected chi connectivity index (χ0v) is 25.2. The Bertz CT molecular complexity index is 1970. The molecule has 44 heavy (non-hydrogen) atoms.